The normalized spacial score (nSPS) is 11.1. The van der Waals surface area contributed by atoms with Crippen LogP contribution < -0.4 is 10.6 Å². The Balaban J connectivity index is 1.89. The van der Waals surface area contributed by atoms with Gasteiger partial charge in [0, 0.05) is 18.7 Å². The van der Waals surface area contributed by atoms with Crippen LogP contribution in [0.5, 0.6) is 0 Å². The maximum absolute atomic E-state index is 12.9. The summed E-state index contributed by atoms with van der Waals surface area (Å²) in [5.41, 5.74) is -1.22. The van der Waals surface area contributed by atoms with Crippen LogP contribution >= 0.6 is 23.2 Å². The van der Waals surface area contributed by atoms with Gasteiger partial charge in [-0.3, -0.25) is 9.59 Å². The number of nitrogens with one attached hydrogen (secondary N) is 2. The molecule has 0 aromatic heterocycles. The third-order valence-electron chi connectivity index (χ3n) is 3.35. The molecule has 0 aliphatic carbocycles. The summed E-state index contributed by atoms with van der Waals surface area (Å²) in [4.78, 5) is 23.9. The molecule has 0 saturated carbocycles. The van der Waals surface area contributed by atoms with Gasteiger partial charge in [-0.25, -0.2) is 0 Å². The van der Waals surface area contributed by atoms with Gasteiger partial charge in [-0.15, -0.1) is 0 Å². The first-order chi connectivity index (χ1) is 12.2. The van der Waals surface area contributed by atoms with Crippen LogP contribution in [0.1, 0.15) is 26.3 Å². The molecule has 4 nitrogen and oxygen atoms in total. The Morgan fingerprint density at radius 2 is 1.50 bits per heavy atom. The lowest BCUT2D eigenvalue weighted by atomic mass is 10.1. The number of carbonyl (C=O) groups is 2. The molecular weight excluding hydrogens is 392 g/mol. The maximum Gasteiger partial charge on any atom is 0.417 e. The topological polar surface area (TPSA) is 58.2 Å². The molecule has 2 aromatic carbocycles. The first-order valence-electron chi connectivity index (χ1n) is 7.38. The highest BCUT2D eigenvalue weighted by Gasteiger charge is 2.34. The lowest BCUT2D eigenvalue weighted by molar-refractivity contribution is -0.137. The number of hydrogen-bond donors (Lipinski definition) is 2. The van der Waals surface area contributed by atoms with Crippen LogP contribution in [0.3, 0.4) is 0 Å². The molecule has 2 rings (SSSR count). The molecule has 0 aliphatic heterocycles. The fraction of sp³-hybridized carbons (Fsp3) is 0.176. The summed E-state index contributed by atoms with van der Waals surface area (Å²) in [5, 5.41) is 5.38. The van der Waals surface area contributed by atoms with E-state index in [4.69, 9.17) is 23.2 Å². The van der Waals surface area contributed by atoms with Crippen LogP contribution in [0.2, 0.25) is 10.0 Å². The van der Waals surface area contributed by atoms with E-state index in [1.54, 1.807) is 0 Å². The van der Waals surface area contributed by atoms with Crippen molar-refractivity contribution in [3.8, 4) is 0 Å². The summed E-state index contributed by atoms with van der Waals surface area (Å²) in [6.07, 6.45) is -4.63. The van der Waals surface area contributed by atoms with Crippen LogP contribution in [0.25, 0.3) is 0 Å². The van der Waals surface area contributed by atoms with Crippen molar-refractivity contribution in [1.82, 2.24) is 10.6 Å². The smallest absolute Gasteiger partial charge is 0.350 e. The van der Waals surface area contributed by atoms with Crippen LogP contribution in [0.4, 0.5) is 13.2 Å². The van der Waals surface area contributed by atoms with E-state index in [1.807, 2.05) is 0 Å². The largest absolute Gasteiger partial charge is 0.417 e. The number of carbonyl (C=O) groups excluding carboxylic acids is 2. The van der Waals surface area contributed by atoms with Gasteiger partial charge in [0.25, 0.3) is 11.8 Å². The van der Waals surface area contributed by atoms with Crippen molar-refractivity contribution in [1.29, 1.82) is 0 Å². The van der Waals surface area contributed by atoms with Crippen molar-refractivity contribution in [3.05, 3.63) is 69.2 Å². The Morgan fingerprint density at radius 1 is 0.885 bits per heavy atom. The van der Waals surface area contributed by atoms with Crippen molar-refractivity contribution in [3.63, 3.8) is 0 Å². The molecule has 9 heteroatoms. The van der Waals surface area contributed by atoms with Crippen LogP contribution in [-0.4, -0.2) is 24.9 Å². The van der Waals surface area contributed by atoms with E-state index in [1.165, 1.54) is 30.3 Å². The van der Waals surface area contributed by atoms with Crippen molar-refractivity contribution >= 4 is 35.0 Å². The van der Waals surface area contributed by atoms with E-state index in [-0.39, 0.29) is 23.7 Å². The Hall–Kier alpha value is -2.25. The maximum atomic E-state index is 12.9. The molecule has 2 N–H and O–H groups in total. The van der Waals surface area contributed by atoms with Gasteiger partial charge >= 0.3 is 6.18 Å². The number of benzene rings is 2. The van der Waals surface area contributed by atoms with Gasteiger partial charge in [0.05, 0.1) is 21.2 Å². The predicted molar refractivity (Wildman–Crippen MR) is 92.6 cm³/mol. The summed E-state index contributed by atoms with van der Waals surface area (Å²) < 4.78 is 38.7. The zero-order chi connectivity index (χ0) is 19.3. The lowest BCUT2D eigenvalue weighted by Gasteiger charge is -2.13. The Bertz CT molecular complexity index is 826. The molecule has 0 aliphatic rings. The molecule has 0 heterocycles. The van der Waals surface area contributed by atoms with E-state index in [0.29, 0.717) is 5.02 Å². The molecule has 138 valence electrons. The van der Waals surface area contributed by atoms with Gasteiger partial charge in [-0.1, -0.05) is 35.3 Å². The third-order valence-corrected chi connectivity index (χ3v) is 4.09. The second-order valence-electron chi connectivity index (χ2n) is 5.18. The molecule has 0 bridgehead atoms. The van der Waals surface area contributed by atoms with E-state index >= 15 is 0 Å². The minimum absolute atomic E-state index is 0.0268. The SMILES string of the molecule is O=C(NCCNC(=O)c1ccccc1C(F)(F)F)c1ccc(Cl)c(Cl)c1. The standard InChI is InChI=1S/C17H13Cl2F3N2O2/c18-13-6-5-10(9-14(13)19)15(25)23-7-8-24-16(26)11-3-1-2-4-12(11)17(20,21)22/h1-6,9H,7-8H2,(H,23,25)(H,24,26). The average molecular weight is 405 g/mol. The fourth-order valence-corrected chi connectivity index (χ4v) is 2.41. The molecule has 0 atom stereocenters. The van der Waals surface area contributed by atoms with E-state index < -0.39 is 29.1 Å². The second kappa shape index (κ2) is 8.42. The van der Waals surface area contributed by atoms with Crippen molar-refractivity contribution in [2.45, 2.75) is 6.18 Å². The number of halogens is 5. The number of amides is 2. The van der Waals surface area contributed by atoms with Gasteiger partial charge in [0.1, 0.15) is 0 Å². The molecule has 2 aromatic rings. The summed E-state index contributed by atoms with van der Waals surface area (Å²) in [6.45, 7) is -0.0168. The summed E-state index contributed by atoms with van der Waals surface area (Å²) in [5.74, 6) is -1.32. The molecule has 0 radical (unpaired) electrons. The zero-order valence-electron chi connectivity index (χ0n) is 13.2. The molecule has 2 amide bonds. The number of rotatable bonds is 5. The van der Waals surface area contributed by atoms with Crippen molar-refractivity contribution in [2.75, 3.05) is 13.1 Å². The summed E-state index contributed by atoms with van der Waals surface area (Å²) in [6, 6.07) is 8.80. The Labute approximate surface area is 157 Å². The van der Waals surface area contributed by atoms with Gasteiger partial charge in [0.15, 0.2) is 0 Å². The number of alkyl halides is 3. The second-order valence-corrected chi connectivity index (χ2v) is 6.00. The first kappa shape index (κ1) is 20.1. The molecule has 0 saturated heterocycles. The van der Waals surface area contributed by atoms with E-state index in [2.05, 4.69) is 10.6 Å². The summed E-state index contributed by atoms with van der Waals surface area (Å²) in [7, 11) is 0. The van der Waals surface area contributed by atoms with Gasteiger partial charge in [0.2, 0.25) is 0 Å². The van der Waals surface area contributed by atoms with Crippen LogP contribution in [-0.2, 0) is 6.18 Å². The van der Waals surface area contributed by atoms with Gasteiger partial charge < -0.3 is 10.6 Å². The van der Waals surface area contributed by atoms with E-state index in [0.717, 1.165) is 12.1 Å². The lowest BCUT2D eigenvalue weighted by Crippen LogP contribution is -2.35. The zero-order valence-corrected chi connectivity index (χ0v) is 14.7. The van der Waals surface area contributed by atoms with Crippen molar-refractivity contribution < 1.29 is 22.8 Å². The minimum Gasteiger partial charge on any atom is -0.350 e. The minimum atomic E-state index is -4.63. The molecule has 0 spiro atoms. The quantitative estimate of drug-likeness (QED) is 0.734. The highest BCUT2D eigenvalue weighted by atomic mass is 35.5. The van der Waals surface area contributed by atoms with E-state index in [9.17, 15) is 22.8 Å². The van der Waals surface area contributed by atoms with Crippen molar-refractivity contribution in [2.24, 2.45) is 0 Å². The average Bonchev–Trinajstić information content (AvgIpc) is 2.60. The molecule has 0 fully saturated rings. The predicted octanol–water partition coefficient (Wildman–Crippen LogP) is 4.17. The van der Waals surface area contributed by atoms with Crippen LogP contribution in [0.15, 0.2) is 42.5 Å². The van der Waals surface area contributed by atoms with Gasteiger partial charge in [-0.05, 0) is 30.3 Å². The third kappa shape index (κ3) is 5.12. The Morgan fingerprint density at radius 3 is 2.12 bits per heavy atom. The Kier molecular flexibility index (Phi) is 6.50. The van der Waals surface area contributed by atoms with Gasteiger partial charge in [-0.2, -0.15) is 13.2 Å². The monoisotopic (exact) mass is 404 g/mol. The highest BCUT2D eigenvalue weighted by molar-refractivity contribution is 6.42. The fourth-order valence-electron chi connectivity index (χ4n) is 2.12. The summed E-state index contributed by atoms with van der Waals surface area (Å²) >= 11 is 11.6. The van der Waals surface area contributed by atoms with Crippen LogP contribution in [0, 0.1) is 0 Å². The first-order valence-corrected chi connectivity index (χ1v) is 8.13. The molecule has 26 heavy (non-hydrogen) atoms. The highest BCUT2D eigenvalue weighted by Crippen LogP contribution is 2.31. The molecular formula is C17H13Cl2F3N2O2. The number of hydrogen-bond acceptors (Lipinski definition) is 2. The molecule has 0 unspecified atom stereocenters.